The summed E-state index contributed by atoms with van der Waals surface area (Å²) in [6.45, 7) is 2.68. The minimum Gasteiger partial charge on any atom is -0.341 e. The van der Waals surface area contributed by atoms with E-state index in [2.05, 4.69) is 29.3 Å². The third-order valence-electron chi connectivity index (χ3n) is 3.96. The Morgan fingerprint density at radius 2 is 1.88 bits per heavy atom. The lowest BCUT2D eigenvalue weighted by atomic mass is 10.1. The molecule has 0 radical (unpaired) electrons. The van der Waals surface area contributed by atoms with Crippen molar-refractivity contribution >= 4 is 28.4 Å². The van der Waals surface area contributed by atoms with E-state index >= 15 is 0 Å². The molecule has 0 fully saturated rings. The van der Waals surface area contributed by atoms with Crippen LogP contribution < -0.4 is 0 Å². The van der Waals surface area contributed by atoms with Crippen LogP contribution in [0.1, 0.15) is 11.1 Å². The number of hydrogen-bond donors (Lipinski definition) is 0. The van der Waals surface area contributed by atoms with Gasteiger partial charge in [-0.3, -0.25) is 4.79 Å². The molecule has 0 bridgehead atoms. The summed E-state index contributed by atoms with van der Waals surface area (Å²) < 4.78 is 0. The molecule has 0 aliphatic carbocycles. The molecule has 0 atom stereocenters. The van der Waals surface area contributed by atoms with Crippen LogP contribution in [0, 0.1) is 6.92 Å². The second-order valence-electron chi connectivity index (χ2n) is 5.70. The van der Waals surface area contributed by atoms with Crippen molar-refractivity contribution in [2.75, 3.05) is 12.8 Å². The summed E-state index contributed by atoms with van der Waals surface area (Å²) in [5.41, 5.74) is 2.37. The molecule has 0 N–H and O–H groups in total. The number of carbonyl (C=O) groups is 1. The summed E-state index contributed by atoms with van der Waals surface area (Å²) >= 11 is 1.44. The van der Waals surface area contributed by atoms with E-state index in [-0.39, 0.29) is 5.91 Å². The molecule has 0 aliphatic heterocycles. The Kier molecular flexibility index (Phi) is 5.11. The molecular formula is C19H19N3OS. The van der Waals surface area contributed by atoms with Gasteiger partial charge in [-0.05, 0) is 18.1 Å². The molecule has 0 saturated heterocycles. The first-order chi connectivity index (χ1) is 11.6. The van der Waals surface area contributed by atoms with Gasteiger partial charge in [0.1, 0.15) is 5.03 Å². The first-order valence-electron chi connectivity index (χ1n) is 7.77. The number of carbonyl (C=O) groups excluding carboxylic acids is 1. The maximum absolute atomic E-state index is 12.4. The molecule has 3 rings (SSSR count). The van der Waals surface area contributed by atoms with Crippen molar-refractivity contribution in [2.45, 2.75) is 18.5 Å². The lowest BCUT2D eigenvalue weighted by Gasteiger charge is -2.18. The van der Waals surface area contributed by atoms with Crippen molar-refractivity contribution in [3.05, 3.63) is 65.9 Å². The summed E-state index contributed by atoms with van der Waals surface area (Å²) in [7, 11) is 1.84. The monoisotopic (exact) mass is 337 g/mol. The van der Waals surface area contributed by atoms with Gasteiger partial charge in [-0.15, -0.1) is 5.10 Å². The molecule has 1 heterocycles. The van der Waals surface area contributed by atoms with Gasteiger partial charge in [-0.25, -0.2) is 0 Å². The Labute approximate surface area is 145 Å². The second-order valence-corrected chi connectivity index (χ2v) is 6.67. The standard InChI is InChI=1S/C19H19N3OS/c1-14-7-3-4-9-16(14)12-22(2)18(23)13-24-19-17-10-6-5-8-15(17)11-20-21-19/h3-11H,12-13H2,1-2H3. The third-order valence-corrected chi connectivity index (χ3v) is 4.93. The van der Waals surface area contributed by atoms with Gasteiger partial charge in [-0.1, -0.05) is 60.3 Å². The highest BCUT2D eigenvalue weighted by Gasteiger charge is 2.13. The minimum atomic E-state index is 0.0815. The molecule has 24 heavy (non-hydrogen) atoms. The summed E-state index contributed by atoms with van der Waals surface area (Å²) in [5.74, 6) is 0.434. The largest absolute Gasteiger partial charge is 0.341 e. The highest BCUT2D eigenvalue weighted by Crippen LogP contribution is 2.24. The average Bonchev–Trinajstić information content (AvgIpc) is 2.61. The van der Waals surface area contributed by atoms with Gasteiger partial charge >= 0.3 is 0 Å². The number of aromatic nitrogens is 2. The smallest absolute Gasteiger partial charge is 0.233 e. The highest BCUT2D eigenvalue weighted by molar-refractivity contribution is 8.00. The number of benzene rings is 2. The predicted octanol–water partition coefficient (Wildman–Crippen LogP) is 3.69. The van der Waals surface area contributed by atoms with Gasteiger partial charge in [0.05, 0.1) is 11.9 Å². The molecule has 3 aromatic rings. The van der Waals surface area contributed by atoms with Crippen molar-refractivity contribution < 1.29 is 4.79 Å². The summed E-state index contributed by atoms with van der Waals surface area (Å²) in [6.07, 6.45) is 1.74. The van der Waals surface area contributed by atoms with E-state index in [1.807, 2.05) is 43.4 Å². The SMILES string of the molecule is Cc1ccccc1CN(C)C(=O)CSc1nncc2ccccc12. The third kappa shape index (κ3) is 3.74. The van der Waals surface area contributed by atoms with Gasteiger partial charge in [0, 0.05) is 24.4 Å². The van der Waals surface area contributed by atoms with E-state index in [1.54, 1.807) is 11.1 Å². The van der Waals surface area contributed by atoms with Crippen LogP contribution in [-0.4, -0.2) is 33.8 Å². The zero-order chi connectivity index (χ0) is 16.9. The first kappa shape index (κ1) is 16.5. The number of rotatable bonds is 5. The maximum Gasteiger partial charge on any atom is 0.233 e. The van der Waals surface area contributed by atoms with E-state index in [0.717, 1.165) is 15.8 Å². The zero-order valence-corrected chi connectivity index (χ0v) is 14.6. The fourth-order valence-corrected chi connectivity index (χ4v) is 3.41. The number of thioether (sulfide) groups is 1. The van der Waals surface area contributed by atoms with Crippen LogP contribution >= 0.6 is 11.8 Å². The van der Waals surface area contributed by atoms with Crippen molar-refractivity contribution in [3.8, 4) is 0 Å². The minimum absolute atomic E-state index is 0.0815. The molecular weight excluding hydrogens is 318 g/mol. The van der Waals surface area contributed by atoms with Crippen LogP contribution in [0.4, 0.5) is 0 Å². The summed E-state index contributed by atoms with van der Waals surface area (Å²) in [5, 5.41) is 11.1. The van der Waals surface area contributed by atoms with Gasteiger partial charge in [0.25, 0.3) is 0 Å². The molecule has 0 aliphatic rings. The Balaban J connectivity index is 1.65. The van der Waals surface area contributed by atoms with Gasteiger partial charge in [0.15, 0.2) is 0 Å². The summed E-state index contributed by atoms with van der Waals surface area (Å²) in [6, 6.07) is 16.1. The van der Waals surface area contributed by atoms with E-state index in [9.17, 15) is 4.79 Å². The first-order valence-corrected chi connectivity index (χ1v) is 8.75. The van der Waals surface area contributed by atoms with Crippen molar-refractivity contribution in [1.29, 1.82) is 0 Å². The quantitative estimate of drug-likeness (QED) is 0.666. The van der Waals surface area contributed by atoms with Crippen LogP contribution in [0.3, 0.4) is 0 Å². The van der Waals surface area contributed by atoms with Crippen LogP contribution in [0.5, 0.6) is 0 Å². The highest BCUT2D eigenvalue weighted by atomic mass is 32.2. The lowest BCUT2D eigenvalue weighted by molar-refractivity contribution is -0.127. The van der Waals surface area contributed by atoms with E-state index < -0.39 is 0 Å². The topological polar surface area (TPSA) is 46.1 Å². The number of hydrogen-bond acceptors (Lipinski definition) is 4. The van der Waals surface area contributed by atoms with Gasteiger partial charge in [-0.2, -0.15) is 5.10 Å². The molecule has 0 spiro atoms. The van der Waals surface area contributed by atoms with E-state index in [4.69, 9.17) is 0 Å². The molecule has 5 heteroatoms. The Morgan fingerprint density at radius 3 is 2.71 bits per heavy atom. The Hall–Kier alpha value is -2.40. The number of aryl methyl sites for hydroxylation is 1. The number of amides is 1. The fraction of sp³-hybridized carbons (Fsp3) is 0.211. The number of nitrogens with zero attached hydrogens (tertiary/aromatic N) is 3. The van der Waals surface area contributed by atoms with Crippen molar-refractivity contribution in [2.24, 2.45) is 0 Å². The van der Waals surface area contributed by atoms with Crippen molar-refractivity contribution in [3.63, 3.8) is 0 Å². The maximum atomic E-state index is 12.4. The second kappa shape index (κ2) is 7.45. The molecule has 122 valence electrons. The number of fused-ring (bicyclic) bond motifs is 1. The normalized spacial score (nSPS) is 10.8. The van der Waals surface area contributed by atoms with E-state index in [0.29, 0.717) is 12.3 Å². The molecule has 2 aromatic carbocycles. The van der Waals surface area contributed by atoms with E-state index in [1.165, 1.54) is 22.9 Å². The van der Waals surface area contributed by atoms with Crippen molar-refractivity contribution in [1.82, 2.24) is 15.1 Å². The van der Waals surface area contributed by atoms with Crippen LogP contribution in [0.2, 0.25) is 0 Å². The Morgan fingerprint density at radius 1 is 1.12 bits per heavy atom. The summed E-state index contributed by atoms with van der Waals surface area (Å²) in [4.78, 5) is 14.2. The molecule has 0 saturated carbocycles. The molecule has 0 unspecified atom stereocenters. The Bertz CT molecular complexity index is 861. The van der Waals surface area contributed by atoms with Gasteiger partial charge in [0.2, 0.25) is 5.91 Å². The van der Waals surface area contributed by atoms with Gasteiger partial charge < -0.3 is 4.90 Å². The molecule has 4 nitrogen and oxygen atoms in total. The van der Waals surface area contributed by atoms with Crippen LogP contribution in [-0.2, 0) is 11.3 Å². The fourth-order valence-electron chi connectivity index (χ4n) is 2.48. The molecule has 1 amide bonds. The average molecular weight is 337 g/mol. The molecule has 1 aromatic heterocycles. The zero-order valence-electron chi connectivity index (χ0n) is 13.8. The van der Waals surface area contributed by atoms with Crippen LogP contribution in [0.25, 0.3) is 10.8 Å². The predicted molar refractivity (Wildman–Crippen MR) is 97.9 cm³/mol. The van der Waals surface area contributed by atoms with Crippen LogP contribution in [0.15, 0.2) is 59.8 Å². The lowest BCUT2D eigenvalue weighted by Crippen LogP contribution is -2.28.